The van der Waals surface area contributed by atoms with Crippen LogP contribution < -0.4 is 0 Å². The maximum atomic E-state index is 5.36. The molecule has 5 heteroatoms. The zero-order valence-corrected chi connectivity index (χ0v) is 34.1. The van der Waals surface area contributed by atoms with Gasteiger partial charge in [0.25, 0.3) is 0 Å². The van der Waals surface area contributed by atoms with Gasteiger partial charge < -0.3 is 4.57 Å². The van der Waals surface area contributed by atoms with E-state index in [-0.39, 0.29) is 0 Å². The quantitative estimate of drug-likeness (QED) is 0.168. The Morgan fingerprint density at radius 1 is 0.333 bits per heavy atom. The van der Waals surface area contributed by atoms with Gasteiger partial charge in [0.05, 0.1) is 27.5 Å². The number of fused-ring (bicyclic) bond motifs is 10. The fraction of sp³-hybridized carbons (Fsp3) is 0.0172. The van der Waals surface area contributed by atoms with Crippen molar-refractivity contribution in [3.63, 3.8) is 0 Å². The van der Waals surface area contributed by atoms with Gasteiger partial charge in [-0.15, -0.1) is 0 Å². The van der Waals surface area contributed by atoms with E-state index in [2.05, 4.69) is 215 Å². The van der Waals surface area contributed by atoms with Crippen molar-refractivity contribution in [1.29, 1.82) is 0 Å². The third kappa shape index (κ3) is 5.14. The summed E-state index contributed by atoms with van der Waals surface area (Å²) in [6.07, 6.45) is 0. The minimum atomic E-state index is -0.516. The summed E-state index contributed by atoms with van der Waals surface area (Å²) in [7, 11) is 0. The van der Waals surface area contributed by atoms with Crippen LogP contribution in [-0.2, 0) is 5.41 Å². The second kappa shape index (κ2) is 13.8. The van der Waals surface area contributed by atoms with Crippen LogP contribution in [-0.4, -0.2) is 24.1 Å². The summed E-state index contributed by atoms with van der Waals surface area (Å²) < 4.78 is 4.57. The van der Waals surface area contributed by atoms with E-state index >= 15 is 0 Å². The van der Waals surface area contributed by atoms with Gasteiger partial charge in [0.15, 0.2) is 11.6 Å². The molecule has 0 unspecified atom stereocenters. The Hall–Kier alpha value is -8.41. The first-order valence-electron chi connectivity index (χ1n) is 21.5. The Labute approximate surface area is 363 Å². The standard InChI is InChI=1S/C58H37N5/c1-4-18-38(19-5-1)55-59-56(39-32-34-42(35-33-39)62-49-29-15-11-24-43(49)44-25-12-16-30-50(44)62)61-57(60-55)63-51-31-17-13-27-46(51)54-52(63)37-36-48-53(54)45-26-10-14-28-47(45)58(48,40-20-6-2-7-21-40)41-22-8-3-9-23-41/h1-37H. The lowest BCUT2D eigenvalue weighted by atomic mass is 9.67. The van der Waals surface area contributed by atoms with Crippen molar-refractivity contribution >= 4 is 43.6 Å². The van der Waals surface area contributed by atoms with Crippen LogP contribution in [0.25, 0.3) is 89.2 Å². The fourth-order valence-electron chi connectivity index (χ4n) is 10.5. The van der Waals surface area contributed by atoms with Crippen LogP contribution in [0.5, 0.6) is 0 Å². The number of para-hydroxylation sites is 3. The monoisotopic (exact) mass is 803 g/mol. The normalized spacial score (nSPS) is 12.9. The van der Waals surface area contributed by atoms with E-state index in [9.17, 15) is 0 Å². The number of hydrogen-bond donors (Lipinski definition) is 0. The predicted molar refractivity (Wildman–Crippen MR) is 257 cm³/mol. The second-order valence-electron chi connectivity index (χ2n) is 16.3. The Kier molecular flexibility index (Phi) is 7.75. The van der Waals surface area contributed by atoms with Gasteiger partial charge in [-0.05, 0) is 81.9 Å². The smallest absolute Gasteiger partial charge is 0.238 e. The van der Waals surface area contributed by atoms with Gasteiger partial charge >= 0.3 is 0 Å². The van der Waals surface area contributed by atoms with Crippen LogP contribution in [0.1, 0.15) is 22.3 Å². The van der Waals surface area contributed by atoms with Gasteiger partial charge in [-0.1, -0.05) is 176 Å². The van der Waals surface area contributed by atoms with Crippen molar-refractivity contribution in [3.05, 3.63) is 247 Å². The van der Waals surface area contributed by atoms with E-state index in [4.69, 9.17) is 15.0 Å². The molecule has 13 rings (SSSR count). The average Bonchev–Trinajstić information content (AvgIpc) is 3.99. The van der Waals surface area contributed by atoms with E-state index in [0.717, 1.165) is 33.2 Å². The zero-order chi connectivity index (χ0) is 41.5. The molecule has 0 aliphatic heterocycles. The highest BCUT2D eigenvalue weighted by atomic mass is 15.2. The Morgan fingerprint density at radius 2 is 0.825 bits per heavy atom. The van der Waals surface area contributed by atoms with Crippen molar-refractivity contribution in [2.75, 3.05) is 0 Å². The SMILES string of the molecule is c1ccc(-c2nc(-c3ccc(-n4c5ccccc5c5ccccc54)cc3)nc(-n3c4ccccc4c4c5c(ccc43)C(c3ccccc3)(c3ccccc3)c3ccccc3-5)n2)cc1. The minimum absolute atomic E-state index is 0.516. The van der Waals surface area contributed by atoms with Gasteiger partial charge in [0, 0.05) is 38.4 Å². The molecule has 0 spiro atoms. The fourth-order valence-corrected chi connectivity index (χ4v) is 10.5. The largest absolute Gasteiger partial charge is 0.309 e. The molecule has 3 aromatic heterocycles. The number of rotatable bonds is 6. The third-order valence-electron chi connectivity index (χ3n) is 13.1. The molecule has 3 heterocycles. The van der Waals surface area contributed by atoms with Crippen molar-refractivity contribution in [2.24, 2.45) is 0 Å². The lowest BCUT2D eigenvalue weighted by Gasteiger charge is -2.33. The molecule has 0 fully saturated rings. The van der Waals surface area contributed by atoms with E-state index < -0.39 is 5.41 Å². The molecule has 0 radical (unpaired) electrons. The summed E-state index contributed by atoms with van der Waals surface area (Å²) in [4.78, 5) is 15.8. The molecule has 63 heavy (non-hydrogen) atoms. The summed E-state index contributed by atoms with van der Waals surface area (Å²) in [5.41, 5.74) is 14.3. The molecule has 0 N–H and O–H groups in total. The minimum Gasteiger partial charge on any atom is -0.309 e. The van der Waals surface area contributed by atoms with Crippen LogP contribution >= 0.6 is 0 Å². The van der Waals surface area contributed by atoms with Crippen molar-refractivity contribution in [1.82, 2.24) is 24.1 Å². The summed E-state index contributed by atoms with van der Waals surface area (Å²) in [6.45, 7) is 0. The van der Waals surface area contributed by atoms with Gasteiger partial charge in [0.1, 0.15) is 0 Å². The van der Waals surface area contributed by atoms with E-state index in [0.29, 0.717) is 17.6 Å². The molecule has 0 bridgehead atoms. The lowest BCUT2D eigenvalue weighted by Crippen LogP contribution is -2.28. The Bertz CT molecular complexity index is 3630. The maximum absolute atomic E-state index is 5.36. The zero-order valence-electron chi connectivity index (χ0n) is 34.1. The molecule has 1 aliphatic carbocycles. The second-order valence-corrected chi connectivity index (χ2v) is 16.3. The van der Waals surface area contributed by atoms with Gasteiger partial charge in [-0.3, -0.25) is 4.57 Å². The van der Waals surface area contributed by atoms with Crippen LogP contribution in [0.2, 0.25) is 0 Å². The topological polar surface area (TPSA) is 48.5 Å². The molecule has 0 saturated carbocycles. The molecule has 9 aromatic carbocycles. The molecular weight excluding hydrogens is 767 g/mol. The van der Waals surface area contributed by atoms with Crippen LogP contribution in [0.15, 0.2) is 224 Å². The first kappa shape index (κ1) is 35.4. The van der Waals surface area contributed by atoms with Gasteiger partial charge in [0.2, 0.25) is 5.95 Å². The number of hydrogen-bond acceptors (Lipinski definition) is 3. The van der Waals surface area contributed by atoms with E-state index in [1.165, 1.54) is 60.6 Å². The van der Waals surface area contributed by atoms with Crippen molar-refractivity contribution < 1.29 is 0 Å². The Balaban J connectivity index is 1.05. The molecule has 294 valence electrons. The number of nitrogens with zero attached hydrogens (tertiary/aromatic N) is 5. The molecule has 5 nitrogen and oxygen atoms in total. The molecular formula is C58H37N5. The average molecular weight is 804 g/mol. The maximum Gasteiger partial charge on any atom is 0.238 e. The molecule has 0 amide bonds. The van der Waals surface area contributed by atoms with Crippen molar-refractivity contribution in [3.8, 4) is 45.5 Å². The molecule has 12 aromatic rings. The highest BCUT2D eigenvalue weighted by molar-refractivity contribution is 6.18. The van der Waals surface area contributed by atoms with Crippen molar-refractivity contribution in [2.45, 2.75) is 5.41 Å². The van der Waals surface area contributed by atoms with Crippen LogP contribution in [0.4, 0.5) is 0 Å². The van der Waals surface area contributed by atoms with Gasteiger partial charge in [-0.2, -0.15) is 9.97 Å². The highest BCUT2D eigenvalue weighted by Crippen LogP contribution is 2.58. The van der Waals surface area contributed by atoms with E-state index in [1.54, 1.807) is 0 Å². The molecule has 0 saturated heterocycles. The summed E-state index contributed by atoms with van der Waals surface area (Å²) in [6, 6.07) is 80.3. The Morgan fingerprint density at radius 3 is 1.44 bits per heavy atom. The first-order valence-corrected chi connectivity index (χ1v) is 21.5. The summed E-state index contributed by atoms with van der Waals surface area (Å²) in [5.74, 6) is 1.80. The number of aromatic nitrogens is 5. The third-order valence-corrected chi connectivity index (χ3v) is 13.1. The summed E-state index contributed by atoms with van der Waals surface area (Å²) in [5, 5.41) is 4.80. The first-order chi connectivity index (χ1) is 31.3. The number of benzene rings is 9. The van der Waals surface area contributed by atoms with E-state index in [1.807, 2.05) is 18.2 Å². The van der Waals surface area contributed by atoms with Crippen LogP contribution in [0, 0.1) is 0 Å². The lowest BCUT2D eigenvalue weighted by molar-refractivity contribution is 0.769. The van der Waals surface area contributed by atoms with Crippen LogP contribution in [0.3, 0.4) is 0 Å². The predicted octanol–water partition coefficient (Wildman–Crippen LogP) is 13.8. The highest BCUT2D eigenvalue weighted by Gasteiger charge is 2.47. The molecule has 1 aliphatic rings. The summed E-state index contributed by atoms with van der Waals surface area (Å²) >= 11 is 0. The van der Waals surface area contributed by atoms with Gasteiger partial charge in [-0.25, -0.2) is 4.98 Å². The molecule has 0 atom stereocenters.